The van der Waals surface area contributed by atoms with Crippen molar-refractivity contribution < 1.29 is 14.0 Å². The molecule has 0 spiro atoms. The van der Waals surface area contributed by atoms with Crippen molar-refractivity contribution in [3.05, 3.63) is 30.1 Å². The van der Waals surface area contributed by atoms with E-state index in [-0.39, 0.29) is 17.5 Å². The van der Waals surface area contributed by atoms with Gasteiger partial charge < -0.3 is 0 Å². The Kier molecular flexibility index (Phi) is 4.42. The number of nitrogens with one attached hydrogen (secondary N) is 1. The van der Waals surface area contributed by atoms with Crippen molar-refractivity contribution in [2.24, 2.45) is 0 Å². The third-order valence-corrected chi connectivity index (χ3v) is 2.41. The molecular formula is C9H10FNO2S. The second-order valence-electron chi connectivity index (χ2n) is 2.47. The lowest BCUT2D eigenvalue weighted by molar-refractivity contribution is -0.128. The van der Waals surface area contributed by atoms with Crippen LogP contribution < -0.4 is 5.48 Å². The van der Waals surface area contributed by atoms with Gasteiger partial charge in [-0.15, -0.1) is 11.8 Å². The third-order valence-electron chi connectivity index (χ3n) is 1.40. The zero-order chi connectivity index (χ0) is 10.4. The van der Waals surface area contributed by atoms with Crippen molar-refractivity contribution in [3.8, 4) is 0 Å². The van der Waals surface area contributed by atoms with Crippen LogP contribution in [0.15, 0.2) is 29.2 Å². The molecule has 0 atom stereocenters. The summed E-state index contributed by atoms with van der Waals surface area (Å²) in [6.45, 7) is 0. The molecule has 1 N–H and O–H groups in total. The zero-order valence-corrected chi connectivity index (χ0v) is 8.44. The number of hydrogen-bond acceptors (Lipinski definition) is 3. The minimum absolute atomic E-state index is 0.221. The Morgan fingerprint density at radius 2 is 2.14 bits per heavy atom. The Morgan fingerprint density at radius 1 is 1.50 bits per heavy atom. The molecule has 5 heteroatoms. The van der Waals surface area contributed by atoms with E-state index >= 15 is 0 Å². The van der Waals surface area contributed by atoms with Crippen LogP contribution in [0.1, 0.15) is 0 Å². The largest absolute Gasteiger partial charge is 0.277 e. The van der Waals surface area contributed by atoms with Gasteiger partial charge in [-0.25, -0.2) is 9.87 Å². The van der Waals surface area contributed by atoms with Gasteiger partial charge in [0.15, 0.2) is 0 Å². The van der Waals surface area contributed by atoms with Crippen LogP contribution in [0.5, 0.6) is 0 Å². The van der Waals surface area contributed by atoms with Crippen LogP contribution >= 0.6 is 11.8 Å². The number of benzene rings is 1. The van der Waals surface area contributed by atoms with Crippen LogP contribution in [-0.4, -0.2) is 18.8 Å². The van der Waals surface area contributed by atoms with E-state index in [1.807, 2.05) is 0 Å². The molecule has 0 aliphatic rings. The molecule has 0 saturated heterocycles. The summed E-state index contributed by atoms with van der Waals surface area (Å²) >= 11 is 1.32. The highest BCUT2D eigenvalue weighted by atomic mass is 32.2. The Hall–Kier alpha value is -1.07. The molecule has 1 amide bonds. The summed E-state index contributed by atoms with van der Waals surface area (Å²) in [4.78, 5) is 16.2. The van der Waals surface area contributed by atoms with E-state index in [4.69, 9.17) is 0 Å². The van der Waals surface area contributed by atoms with Crippen molar-refractivity contribution in [3.63, 3.8) is 0 Å². The first-order valence-corrected chi connectivity index (χ1v) is 4.91. The van der Waals surface area contributed by atoms with Crippen molar-refractivity contribution in [2.75, 3.05) is 12.9 Å². The molecule has 0 aromatic heterocycles. The Labute approximate surface area is 85.6 Å². The van der Waals surface area contributed by atoms with Gasteiger partial charge in [-0.2, -0.15) is 0 Å². The fourth-order valence-corrected chi connectivity index (χ4v) is 1.51. The Bertz CT molecular complexity index is 302. The molecule has 0 fully saturated rings. The fourth-order valence-electron chi connectivity index (χ4n) is 0.823. The van der Waals surface area contributed by atoms with Gasteiger partial charge in [0, 0.05) is 4.90 Å². The second-order valence-corrected chi connectivity index (χ2v) is 3.52. The molecule has 1 aromatic carbocycles. The molecule has 1 rings (SSSR count). The smallest absolute Gasteiger partial charge is 0.253 e. The fraction of sp³-hybridized carbons (Fsp3) is 0.222. The molecule has 0 radical (unpaired) electrons. The molecule has 1 aromatic rings. The molecule has 0 aliphatic carbocycles. The van der Waals surface area contributed by atoms with Crippen molar-refractivity contribution in [1.29, 1.82) is 0 Å². The number of hydrogen-bond donors (Lipinski definition) is 1. The lowest BCUT2D eigenvalue weighted by Crippen LogP contribution is -2.23. The topological polar surface area (TPSA) is 38.3 Å². The van der Waals surface area contributed by atoms with E-state index in [9.17, 15) is 9.18 Å². The molecule has 0 heterocycles. The van der Waals surface area contributed by atoms with Gasteiger partial charge in [0.05, 0.1) is 12.9 Å². The first kappa shape index (κ1) is 11.0. The van der Waals surface area contributed by atoms with E-state index < -0.39 is 0 Å². The summed E-state index contributed by atoms with van der Waals surface area (Å²) in [7, 11) is 1.38. The second kappa shape index (κ2) is 5.62. The van der Waals surface area contributed by atoms with Crippen molar-refractivity contribution >= 4 is 17.7 Å². The van der Waals surface area contributed by atoms with E-state index in [0.717, 1.165) is 4.90 Å². The van der Waals surface area contributed by atoms with Gasteiger partial charge >= 0.3 is 0 Å². The molecule has 3 nitrogen and oxygen atoms in total. The first-order valence-electron chi connectivity index (χ1n) is 3.92. The summed E-state index contributed by atoms with van der Waals surface area (Å²) in [5.74, 6) is -0.253. The minimum Gasteiger partial charge on any atom is -0.277 e. The molecule has 76 valence electrons. The quantitative estimate of drug-likeness (QED) is 0.612. The number of carbonyl (C=O) groups excluding carboxylic acids is 1. The minimum atomic E-state index is -0.282. The van der Waals surface area contributed by atoms with Gasteiger partial charge in [0.25, 0.3) is 5.91 Å². The average Bonchev–Trinajstić information content (AvgIpc) is 2.17. The number of hydroxylamine groups is 1. The average molecular weight is 215 g/mol. The molecule has 0 saturated carbocycles. The van der Waals surface area contributed by atoms with Crippen LogP contribution in [-0.2, 0) is 9.63 Å². The highest BCUT2D eigenvalue weighted by Gasteiger charge is 2.01. The number of carbonyl (C=O) groups is 1. The van der Waals surface area contributed by atoms with Gasteiger partial charge in [0.2, 0.25) is 0 Å². The van der Waals surface area contributed by atoms with Crippen LogP contribution in [0.25, 0.3) is 0 Å². The maximum Gasteiger partial charge on any atom is 0.253 e. The molecule has 14 heavy (non-hydrogen) atoms. The lowest BCUT2D eigenvalue weighted by atomic mass is 10.4. The summed E-state index contributed by atoms with van der Waals surface area (Å²) in [5.41, 5.74) is 2.19. The standard InChI is InChI=1S/C9H10FNO2S/c1-13-11-9(12)6-14-8-4-2-7(10)3-5-8/h2-5H,6H2,1H3,(H,11,12). The van der Waals surface area contributed by atoms with E-state index in [0.29, 0.717) is 0 Å². The van der Waals surface area contributed by atoms with E-state index in [2.05, 4.69) is 10.3 Å². The Balaban J connectivity index is 2.38. The van der Waals surface area contributed by atoms with Crippen LogP contribution in [0.2, 0.25) is 0 Å². The normalized spacial score (nSPS) is 9.86. The molecule has 0 aliphatic heterocycles. The highest BCUT2D eigenvalue weighted by Crippen LogP contribution is 2.17. The molecule has 0 bridgehead atoms. The SMILES string of the molecule is CONC(=O)CSc1ccc(F)cc1. The maximum absolute atomic E-state index is 12.5. The van der Waals surface area contributed by atoms with Crippen LogP contribution in [0.4, 0.5) is 4.39 Å². The monoisotopic (exact) mass is 215 g/mol. The van der Waals surface area contributed by atoms with Crippen LogP contribution in [0.3, 0.4) is 0 Å². The first-order chi connectivity index (χ1) is 6.72. The van der Waals surface area contributed by atoms with E-state index in [1.165, 1.54) is 31.0 Å². The zero-order valence-electron chi connectivity index (χ0n) is 7.62. The molecule has 0 unspecified atom stereocenters. The van der Waals surface area contributed by atoms with E-state index in [1.54, 1.807) is 12.1 Å². The van der Waals surface area contributed by atoms with Crippen molar-refractivity contribution in [2.45, 2.75) is 4.90 Å². The lowest BCUT2D eigenvalue weighted by Gasteiger charge is -2.01. The summed E-state index contributed by atoms with van der Waals surface area (Å²) in [6.07, 6.45) is 0. The van der Waals surface area contributed by atoms with Gasteiger partial charge in [0.1, 0.15) is 5.82 Å². The van der Waals surface area contributed by atoms with Crippen molar-refractivity contribution in [1.82, 2.24) is 5.48 Å². The maximum atomic E-state index is 12.5. The highest BCUT2D eigenvalue weighted by molar-refractivity contribution is 8.00. The summed E-state index contributed by atoms with van der Waals surface area (Å²) in [5, 5.41) is 0. The molecular weight excluding hydrogens is 205 g/mol. The number of rotatable bonds is 4. The van der Waals surface area contributed by atoms with Crippen LogP contribution in [0, 0.1) is 5.82 Å². The van der Waals surface area contributed by atoms with Gasteiger partial charge in [-0.05, 0) is 24.3 Å². The Morgan fingerprint density at radius 3 is 2.71 bits per heavy atom. The predicted octanol–water partition coefficient (Wildman–Crippen LogP) is 1.60. The predicted molar refractivity (Wildman–Crippen MR) is 52.3 cm³/mol. The van der Waals surface area contributed by atoms with Gasteiger partial charge in [-0.1, -0.05) is 0 Å². The third kappa shape index (κ3) is 3.76. The summed E-state index contributed by atoms with van der Waals surface area (Å²) in [6, 6.07) is 5.97. The number of thioether (sulfide) groups is 1. The summed E-state index contributed by atoms with van der Waals surface area (Å²) < 4.78 is 12.5. The van der Waals surface area contributed by atoms with Gasteiger partial charge in [-0.3, -0.25) is 9.63 Å². The number of amides is 1. The number of halogens is 1.